The molecule has 1 atom stereocenters. The Morgan fingerprint density at radius 2 is 2.04 bits per heavy atom. The number of aromatic nitrogens is 2. The highest BCUT2D eigenvalue weighted by Gasteiger charge is 2.31. The summed E-state index contributed by atoms with van der Waals surface area (Å²) >= 11 is 0. The number of rotatable bonds is 2. The van der Waals surface area contributed by atoms with Crippen LogP contribution in [0.25, 0.3) is 0 Å². The van der Waals surface area contributed by atoms with Crippen molar-refractivity contribution in [1.29, 1.82) is 0 Å². The molecule has 0 aliphatic carbocycles. The Balaban J connectivity index is 1.99. The Kier molecular flexibility index (Phi) is 3.88. The normalized spacial score (nSPS) is 17.1. The molecular weight excluding hydrogens is 310 g/mol. The summed E-state index contributed by atoms with van der Waals surface area (Å²) in [6, 6.07) is 7.46. The van der Waals surface area contributed by atoms with Crippen molar-refractivity contribution in [3.05, 3.63) is 46.6 Å². The van der Waals surface area contributed by atoms with Gasteiger partial charge in [0.25, 0.3) is 5.91 Å². The van der Waals surface area contributed by atoms with Crippen molar-refractivity contribution in [1.82, 2.24) is 9.78 Å². The molecule has 3 rings (SSSR count). The van der Waals surface area contributed by atoms with Gasteiger partial charge in [0, 0.05) is 21.9 Å². The largest absolute Gasteiger partial charge is 0.306 e. The molecule has 1 amide bonds. The number of anilines is 1. The van der Waals surface area contributed by atoms with Gasteiger partial charge in [-0.1, -0.05) is 17.7 Å². The summed E-state index contributed by atoms with van der Waals surface area (Å²) in [4.78, 5) is 12.6. The highest BCUT2D eigenvalue weighted by Crippen LogP contribution is 2.33. The van der Waals surface area contributed by atoms with E-state index in [-0.39, 0.29) is 11.4 Å². The molecule has 0 fully saturated rings. The van der Waals surface area contributed by atoms with E-state index in [1.807, 2.05) is 50.6 Å². The van der Waals surface area contributed by atoms with Crippen LogP contribution >= 0.6 is 0 Å². The smallest absolute Gasteiger partial charge is 0.256 e. The highest BCUT2D eigenvalue weighted by atomic mass is 32.2. The average Bonchev–Trinajstić information content (AvgIpc) is 2.96. The van der Waals surface area contributed by atoms with Crippen LogP contribution in [0.3, 0.4) is 0 Å². The lowest BCUT2D eigenvalue weighted by molar-refractivity contribution is 0.102. The highest BCUT2D eigenvalue weighted by molar-refractivity contribution is 7.83. The SMILES string of the molecule is Cc1cccc(C(=O)Nc2c3c(nn2C(C)(C)C)CS(=O)C3)c1. The van der Waals surface area contributed by atoms with Crippen molar-refractivity contribution >= 4 is 22.5 Å². The second kappa shape index (κ2) is 5.60. The van der Waals surface area contributed by atoms with Crippen LogP contribution in [0.1, 0.15) is 48.0 Å². The number of nitrogens with one attached hydrogen (secondary N) is 1. The van der Waals surface area contributed by atoms with Gasteiger partial charge in [0.1, 0.15) is 5.82 Å². The Morgan fingerprint density at radius 3 is 2.70 bits per heavy atom. The Morgan fingerprint density at radius 1 is 1.30 bits per heavy atom. The molecule has 0 radical (unpaired) electrons. The fourth-order valence-corrected chi connectivity index (χ4v) is 3.97. The number of benzene rings is 1. The Labute approximate surface area is 138 Å². The van der Waals surface area contributed by atoms with Gasteiger partial charge >= 0.3 is 0 Å². The molecule has 1 N–H and O–H groups in total. The van der Waals surface area contributed by atoms with Crippen molar-refractivity contribution in [2.24, 2.45) is 0 Å². The number of carbonyl (C=O) groups excluding carboxylic acids is 1. The van der Waals surface area contributed by atoms with Crippen molar-refractivity contribution in [3.8, 4) is 0 Å². The van der Waals surface area contributed by atoms with Gasteiger partial charge in [-0.25, -0.2) is 4.68 Å². The molecule has 0 spiro atoms. The third-order valence-corrected chi connectivity index (χ3v) is 5.02. The summed E-state index contributed by atoms with van der Waals surface area (Å²) in [7, 11) is -0.924. The first-order valence-electron chi connectivity index (χ1n) is 7.60. The van der Waals surface area contributed by atoms with Crippen LogP contribution < -0.4 is 5.32 Å². The predicted molar refractivity (Wildman–Crippen MR) is 91.9 cm³/mol. The van der Waals surface area contributed by atoms with Gasteiger partial charge in [-0.05, 0) is 39.8 Å². The van der Waals surface area contributed by atoms with Gasteiger partial charge in [0.15, 0.2) is 0 Å². The van der Waals surface area contributed by atoms with E-state index in [1.165, 1.54) is 0 Å². The topological polar surface area (TPSA) is 64.0 Å². The third-order valence-electron chi connectivity index (χ3n) is 3.82. The molecule has 6 heteroatoms. The standard InChI is InChI=1S/C17H21N3O2S/c1-11-6-5-7-12(8-11)16(21)18-15-13-9-23(22)10-14(13)19-20(15)17(2,3)4/h5-8H,9-10H2,1-4H3,(H,18,21). The van der Waals surface area contributed by atoms with Crippen LogP contribution in [0, 0.1) is 6.92 Å². The van der Waals surface area contributed by atoms with Crippen LogP contribution in [0.2, 0.25) is 0 Å². The number of carbonyl (C=O) groups is 1. The van der Waals surface area contributed by atoms with Crippen LogP contribution in [0.4, 0.5) is 5.82 Å². The zero-order chi connectivity index (χ0) is 16.8. The molecular formula is C17H21N3O2S. The molecule has 122 valence electrons. The van der Waals surface area contributed by atoms with Crippen molar-refractivity contribution in [3.63, 3.8) is 0 Å². The number of hydrogen-bond donors (Lipinski definition) is 1. The molecule has 0 bridgehead atoms. The lowest BCUT2D eigenvalue weighted by Crippen LogP contribution is -2.27. The maximum Gasteiger partial charge on any atom is 0.256 e. The van der Waals surface area contributed by atoms with E-state index in [4.69, 9.17) is 0 Å². The van der Waals surface area contributed by atoms with Crippen molar-refractivity contribution in [2.45, 2.75) is 44.7 Å². The van der Waals surface area contributed by atoms with Gasteiger partial charge in [0.2, 0.25) is 0 Å². The van der Waals surface area contributed by atoms with Crippen LogP contribution in [-0.2, 0) is 27.8 Å². The summed E-state index contributed by atoms with van der Waals surface area (Å²) in [6.45, 7) is 8.06. The van der Waals surface area contributed by atoms with Crippen LogP contribution in [-0.4, -0.2) is 19.9 Å². The van der Waals surface area contributed by atoms with E-state index in [1.54, 1.807) is 6.07 Å². The molecule has 1 unspecified atom stereocenters. The van der Waals surface area contributed by atoms with E-state index in [2.05, 4.69) is 10.4 Å². The second-order valence-corrected chi connectivity index (χ2v) is 8.37. The predicted octanol–water partition coefficient (Wildman–Crippen LogP) is 2.96. The van der Waals surface area contributed by atoms with Gasteiger partial charge in [-0.15, -0.1) is 0 Å². The third kappa shape index (κ3) is 3.08. The second-order valence-electron chi connectivity index (χ2n) is 6.91. The first-order valence-corrected chi connectivity index (χ1v) is 9.09. The van der Waals surface area contributed by atoms with Crippen molar-refractivity contribution < 1.29 is 9.00 Å². The minimum Gasteiger partial charge on any atom is -0.306 e. The molecule has 1 aromatic heterocycles. The van der Waals surface area contributed by atoms with Crippen molar-refractivity contribution in [2.75, 3.05) is 5.32 Å². The Bertz CT molecular complexity index is 803. The number of nitrogens with zero attached hydrogens (tertiary/aromatic N) is 2. The van der Waals surface area contributed by atoms with Crippen LogP contribution in [0.15, 0.2) is 24.3 Å². The fourth-order valence-electron chi connectivity index (χ4n) is 2.71. The number of fused-ring (bicyclic) bond motifs is 1. The fraction of sp³-hybridized carbons (Fsp3) is 0.412. The molecule has 2 aromatic rings. The summed E-state index contributed by atoms with van der Waals surface area (Å²) in [6.07, 6.45) is 0. The minimum atomic E-state index is -0.924. The quantitative estimate of drug-likeness (QED) is 0.920. The van der Waals surface area contributed by atoms with Crippen LogP contribution in [0.5, 0.6) is 0 Å². The number of amides is 1. The molecule has 1 aliphatic heterocycles. The molecule has 0 saturated heterocycles. The lowest BCUT2D eigenvalue weighted by Gasteiger charge is -2.23. The van der Waals surface area contributed by atoms with Gasteiger partial charge in [-0.3, -0.25) is 9.00 Å². The molecule has 5 nitrogen and oxygen atoms in total. The molecule has 1 aliphatic rings. The molecule has 0 saturated carbocycles. The monoisotopic (exact) mass is 331 g/mol. The maximum atomic E-state index is 12.6. The summed E-state index contributed by atoms with van der Waals surface area (Å²) in [5, 5.41) is 7.57. The van der Waals surface area contributed by atoms with Gasteiger partial charge < -0.3 is 5.32 Å². The summed E-state index contributed by atoms with van der Waals surface area (Å²) in [5.41, 5.74) is 3.12. The van der Waals surface area contributed by atoms with E-state index in [9.17, 15) is 9.00 Å². The first kappa shape index (κ1) is 15.9. The molecule has 23 heavy (non-hydrogen) atoms. The maximum absolute atomic E-state index is 12.6. The van der Waals surface area contributed by atoms with Gasteiger partial charge in [-0.2, -0.15) is 5.10 Å². The van der Waals surface area contributed by atoms with E-state index >= 15 is 0 Å². The summed E-state index contributed by atoms with van der Waals surface area (Å²) < 4.78 is 13.7. The number of hydrogen-bond acceptors (Lipinski definition) is 3. The minimum absolute atomic E-state index is 0.167. The van der Waals surface area contributed by atoms with Gasteiger partial charge in [0.05, 0.1) is 22.7 Å². The first-order chi connectivity index (χ1) is 10.8. The van der Waals surface area contributed by atoms with E-state index < -0.39 is 10.8 Å². The zero-order valence-electron chi connectivity index (χ0n) is 13.8. The zero-order valence-corrected chi connectivity index (χ0v) is 14.7. The summed E-state index contributed by atoms with van der Waals surface area (Å²) in [5.74, 6) is 1.42. The van der Waals surface area contributed by atoms with E-state index in [0.717, 1.165) is 16.8 Å². The molecule has 2 heterocycles. The Hall–Kier alpha value is -1.95. The number of aryl methyl sites for hydroxylation is 1. The molecule has 1 aromatic carbocycles. The lowest BCUT2D eigenvalue weighted by atomic mass is 10.1. The average molecular weight is 331 g/mol. The van der Waals surface area contributed by atoms with E-state index in [0.29, 0.717) is 22.9 Å².